The van der Waals surface area contributed by atoms with Gasteiger partial charge >= 0.3 is 5.97 Å². The van der Waals surface area contributed by atoms with Crippen LogP contribution in [-0.4, -0.2) is 24.5 Å². The van der Waals surface area contributed by atoms with Gasteiger partial charge in [0.1, 0.15) is 0 Å². The molecule has 0 radical (unpaired) electrons. The van der Waals surface area contributed by atoms with Crippen molar-refractivity contribution in [2.75, 3.05) is 6.61 Å². The van der Waals surface area contributed by atoms with Crippen LogP contribution in [0.3, 0.4) is 0 Å². The van der Waals surface area contributed by atoms with Crippen molar-refractivity contribution in [1.82, 2.24) is 0 Å². The lowest BCUT2D eigenvalue weighted by molar-refractivity contribution is -0.181. The fraction of sp³-hybridized carbons (Fsp3) is 0.909. The largest absolute Gasteiger partial charge is 0.466 e. The van der Waals surface area contributed by atoms with Gasteiger partial charge in [-0.3, -0.25) is 4.79 Å². The predicted molar refractivity (Wildman–Crippen MR) is 53.9 cm³/mol. The van der Waals surface area contributed by atoms with E-state index in [4.69, 9.17) is 10.5 Å². The average Bonchev–Trinajstić information content (AvgIpc) is 2.16. The molecule has 5 heteroatoms. The minimum absolute atomic E-state index is 0.213. The summed E-state index contributed by atoms with van der Waals surface area (Å²) in [6.07, 6.45) is 0.876. The molecule has 0 aromatic rings. The molecule has 0 spiro atoms. The summed E-state index contributed by atoms with van der Waals surface area (Å²) in [4.78, 5) is 11.7. The number of nitrogens with two attached hydrogens (primary N) is 1. The van der Waals surface area contributed by atoms with Crippen molar-refractivity contribution in [3.8, 4) is 0 Å². The van der Waals surface area contributed by atoms with E-state index in [0.29, 0.717) is 12.8 Å². The van der Waals surface area contributed by atoms with Crippen LogP contribution in [0.15, 0.2) is 0 Å². The molecular formula is C11H17F2NO2. The molecule has 0 aromatic carbocycles. The van der Waals surface area contributed by atoms with Gasteiger partial charge in [-0.25, -0.2) is 8.78 Å². The quantitative estimate of drug-likeness (QED) is 0.736. The summed E-state index contributed by atoms with van der Waals surface area (Å²) in [7, 11) is 0. The van der Waals surface area contributed by atoms with Gasteiger partial charge in [-0.2, -0.15) is 0 Å². The van der Waals surface area contributed by atoms with E-state index >= 15 is 0 Å². The first kappa shape index (κ1) is 11.8. The molecule has 0 aliphatic heterocycles. The first-order valence-corrected chi connectivity index (χ1v) is 5.77. The van der Waals surface area contributed by atoms with E-state index in [1.165, 1.54) is 0 Å². The molecule has 16 heavy (non-hydrogen) atoms. The molecule has 3 aliphatic carbocycles. The Morgan fingerprint density at radius 1 is 1.50 bits per heavy atom. The van der Waals surface area contributed by atoms with Crippen LogP contribution in [0.25, 0.3) is 0 Å². The van der Waals surface area contributed by atoms with Gasteiger partial charge in [0.2, 0.25) is 0 Å². The lowest BCUT2D eigenvalue weighted by Gasteiger charge is -2.49. The second-order valence-corrected chi connectivity index (χ2v) is 4.76. The highest BCUT2D eigenvalue weighted by molar-refractivity contribution is 5.74. The van der Waals surface area contributed by atoms with E-state index < -0.39 is 29.8 Å². The molecule has 3 aliphatic rings. The molecule has 3 nitrogen and oxygen atoms in total. The summed E-state index contributed by atoms with van der Waals surface area (Å²) in [6.45, 7) is 1.98. The number of esters is 1. The smallest absolute Gasteiger partial charge is 0.310 e. The second-order valence-electron chi connectivity index (χ2n) is 4.76. The Hall–Kier alpha value is -0.710. The third-order valence-electron chi connectivity index (χ3n) is 3.87. The maximum Gasteiger partial charge on any atom is 0.310 e. The van der Waals surface area contributed by atoms with Gasteiger partial charge < -0.3 is 10.5 Å². The third kappa shape index (κ3) is 1.71. The molecule has 0 unspecified atom stereocenters. The number of hydrogen-bond donors (Lipinski definition) is 1. The summed E-state index contributed by atoms with van der Waals surface area (Å²) in [5, 5.41) is 0. The molecule has 92 valence electrons. The molecule has 3 rings (SSSR count). The van der Waals surface area contributed by atoms with Gasteiger partial charge in [-0.1, -0.05) is 0 Å². The third-order valence-corrected chi connectivity index (χ3v) is 3.87. The van der Waals surface area contributed by atoms with Gasteiger partial charge in [0, 0.05) is 18.4 Å². The molecule has 2 N–H and O–H groups in total. The average molecular weight is 233 g/mol. The van der Waals surface area contributed by atoms with Gasteiger partial charge in [0.05, 0.1) is 12.5 Å². The second kappa shape index (κ2) is 3.95. The summed E-state index contributed by atoms with van der Waals surface area (Å²) in [5.74, 6) is -4.80. The van der Waals surface area contributed by atoms with Crippen molar-refractivity contribution in [2.24, 2.45) is 23.5 Å². The summed E-state index contributed by atoms with van der Waals surface area (Å²) >= 11 is 0. The van der Waals surface area contributed by atoms with Crippen LogP contribution in [0.1, 0.15) is 26.2 Å². The Morgan fingerprint density at radius 3 is 2.69 bits per heavy atom. The van der Waals surface area contributed by atoms with Crippen molar-refractivity contribution in [3.63, 3.8) is 0 Å². The monoisotopic (exact) mass is 233 g/mol. The first-order valence-electron chi connectivity index (χ1n) is 5.77. The van der Waals surface area contributed by atoms with Crippen LogP contribution < -0.4 is 5.73 Å². The minimum Gasteiger partial charge on any atom is -0.466 e. The fourth-order valence-corrected chi connectivity index (χ4v) is 3.14. The van der Waals surface area contributed by atoms with Crippen molar-refractivity contribution in [3.05, 3.63) is 0 Å². The van der Waals surface area contributed by atoms with Gasteiger partial charge in [-0.05, 0) is 25.7 Å². The number of alkyl halides is 2. The molecule has 0 heterocycles. The highest BCUT2D eigenvalue weighted by Crippen LogP contribution is 2.52. The molecule has 0 amide bonds. The van der Waals surface area contributed by atoms with Crippen molar-refractivity contribution in [2.45, 2.75) is 38.2 Å². The molecule has 3 fully saturated rings. The van der Waals surface area contributed by atoms with Crippen molar-refractivity contribution < 1.29 is 18.3 Å². The van der Waals surface area contributed by atoms with Crippen molar-refractivity contribution in [1.29, 1.82) is 0 Å². The molecule has 0 saturated heterocycles. The number of fused-ring (bicyclic) bond motifs is 3. The number of carbonyl (C=O) groups excluding carboxylic acids is 1. The maximum atomic E-state index is 13.5. The number of carbonyl (C=O) groups is 1. The van der Waals surface area contributed by atoms with Gasteiger partial charge in [0.15, 0.2) is 0 Å². The van der Waals surface area contributed by atoms with E-state index in [0.717, 1.165) is 0 Å². The Kier molecular flexibility index (Phi) is 2.90. The van der Waals surface area contributed by atoms with E-state index in [9.17, 15) is 13.6 Å². The lowest BCUT2D eigenvalue weighted by atomic mass is 9.60. The summed E-state index contributed by atoms with van der Waals surface area (Å²) in [6, 6.07) is -0.749. The zero-order valence-corrected chi connectivity index (χ0v) is 9.29. The van der Waals surface area contributed by atoms with E-state index in [-0.39, 0.29) is 18.9 Å². The highest BCUT2D eigenvalue weighted by Gasteiger charge is 2.59. The lowest BCUT2D eigenvalue weighted by Crippen LogP contribution is -2.60. The number of rotatable bonds is 2. The van der Waals surface area contributed by atoms with Crippen LogP contribution in [0.5, 0.6) is 0 Å². The summed E-state index contributed by atoms with van der Waals surface area (Å²) < 4.78 is 32.0. The molecule has 0 aromatic heterocycles. The van der Waals surface area contributed by atoms with Crippen molar-refractivity contribution >= 4 is 5.97 Å². The first-order chi connectivity index (χ1) is 7.47. The molecular weight excluding hydrogens is 216 g/mol. The fourth-order valence-electron chi connectivity index (χ4n) is 3.14. The number of halogens is 2. The Morgan fingerprint density at radius 2 is 2.19 bits per heavy atom. The predicted octanol–water partition coefficient (Wildman–Crippen LogP) is 1.56. The zero-order chi connectivity index (χ0) is 11.9. The standard InChI is InChI=1S/C11H17F2NO2/c1-2-16-10(15)8-6-3-4-7(9(8)14)11(12,13)5-6/h6-9H,2-5,14H2,1H3/t6-,7-,8-,9-/m0/s1. The number of hydrogen-bond acceptors (Lipinski definition) is 3. The van der Waals surface area contributed by atoms with Crippen LogP contribution in [-0.2, 0) is 9.53 Å². The molecule has 2 bridgehead atoms. The van der Waals surface area contributed by atoms with E-state index in [1.54, 1.807) is 6.92 Å². The van der Waals surface area contributed by atoms with Gasteiger partial charge in [0.25, 0.3) is 5.92 Å². The SMILES string of the molecule is CCOC(=O)[C@H]1[C@H]2CC[C@@H]([C@@H]1N)C(F)(F)C2. The highest BCUT2D eigenvalue weighted by atomic mass is 19.3. The van der Waals surface area contributed by atoms with Crippen LogP contribution in [0.2, 0.25) is 0 Å². The number of ether oxygens (including phenoxy) is 1. The Balaban J connectivity index is 2.16. The van der Waals surface area contributed by atoms with Crippen LogP contribution in [0, 0.1) is 17.8 Å². The van der Waals surface area contributed by atoms with E-state index in [1.807, 2.05) is 0 Å². The van der Waals surface area contributed by atoms with Gasteiger partial charge in [-0.15, -0.1) is 0 Å². The summed E-state index contributed by atoms with van der Waals surface area (Å²) in [5.41, 5.74) is 5.79. The zero-order valence-electron chi connectivity index (χ0n) is 9.29. The Bertz CT molecular complexity index is 294. The minimum atomic E-state index is -2.70. The topological polar surface area (TPSA) is 52.3 Å². The van der Waals surface area contributed by atoms with E-state index in [2.05, 4.69) is 0 Å². The maximum absolute atomic E-state index is 13.5. The molecule has 4 atom stereocenters. The van der Waals surface area contributed by atoms with Crippen LogP contribution in [0.4, 0.5) is 8.78 Å². The molecule has 3 saturated carbocycles. The van der Waals surface area contributed by atoms with Crippen LogP contribution >= 0.6 is 0 Å². The normalized spacial score (nSPS) is 40.8. The Labute approximate surface area is 93.3 Å².